The second-order valence-corrected chi connectivity index (χ2v) is 2.24. The summed E-state index contributed by atoms with van der Waals surface area (Å²) in [5.74, 6) is 0.757. The molecule has 0 spiro atoms. The minimum absolute atomic E-state index is 0. The van der Waals surface area contributed by atoms with Gasteiger partial charge < -0.3 is 0 Å². The Bertz CT molecular complexity index is 81.1. The fourth-order valence-corrected chi connectivity index (χ4v) is 1.01. The Morgan fingerprint density at radius 2 is 1.89 bits per heavy atom. The van der Waals surface area contributed by atoms with Crippen LogP contribution in [0, 0.1) is 0 Å². The summed E-state index contributed by atoms with van der Waals surface area (Å²) < 4.78 is 0. The smallest absolute Gasteiger partial charge is 1.00 e. The largest absolute Gasteiger partial charge is 1.00 e. The van der Waals surface area contributed by atoms with Gasteiger partial charge in [0.2, 0.25) is 0 Å². The Balaban J connectivity index is 0.000000640. The normalized spacial score (nSPS) is 20.0. The third-order valence-corrected chi connectivity index (χ3v) is 1.65. The molecule has 1 heterocycles. The van der Waals surface area contributed by atoms with Crippen molar-refractivity contribution >= 4 is 13.4 Å². The number of hydrogen-bond acceptors (Lipinski definition) is 0. The van der Waals surface area contributed by atoms with E-state index >= 15 is 0 Å². The van der Waals surface area contributed by atoms with Crippen LogP contribution in [0.15, 0.2) is 0 Å². The van der Waals surface area contributed by atoms with Gasteiger partial charge in [-0.05, 0) is 0 Å². The van der Waals surface area contributed by atoms with Crippen LogP contribution in [-0.4, -0.2) is 26.5 Å². The fraction of sp³-hybridized carbons (Fsp3) is 0.833. The Morgan fingerprint density at radius 3 is 2.22 bits per heavy atom. The van der Waals surface area contributed by atoms with Gasteiger partial charge in [-0.25, -0.2) is 0 Å². The van der Waals surface area contributed by atoms with E-state index in [4.69, 9.17) is 0 Å². The monoisotopic (exact) mass is 147 g/mol. The van der Waals surface area contributed by atoms with Crippen LogP contribution in [0.1, 0.15) is 12.8 Å². The van der Waals surface area contributed by atoms with Gasteiger partial charge >= 0.3 is 102 Å². The van der Waals surface area contributed by atoms with E-state index in [0.717, 1.165) is 18.9 Å². The molecule has 3 heteroatoms. The second kappa shape index (κ2) is 6.25. The molecule has 0 aromatic carbocycles. The van der Waals surface area contributed by atoms with Crippen LogP contribution < -0.4 is 51.4 Å². The van der Waals surface area contributed by atoms with Crippen molar-refractivity contribution in [2.45, 2.75) is 18.7 Å². The maximum atomic E-state index is 4.23. The van der Waals surface area contributed by atoms with Crippen LogP contribution in [0.25, 0.3) is 5.32 Å². The average Bonchev–Trinajstić information content (AvgIpc) is 1.90. The molecule has 1 aliphatic heterocycles. The van der Waals surface area contributed by atoms with Crippen molar-refractivity contribution in [3.05, 3.63) is 5.32 Å². The zero-order chi connectivity index (χ0) is 5.82. The Kier molecular flexibility index (Phi) is 7.32. The molecule has 0 atom stereocenters. The van der Waals surface area contributed by atoms with Gasteiger partial charge in [-0.1, -0.05) is 0 Å². The van der Waals surface area contributed by atoms with Crippen LogP contribution in [-0.2, 0) is 0 Å². The molecule has 0 amide bonds. The summed E-state index contributed by atoms with van der Waals surface area (Å²) >= 11 is 0. The van der Waals surface area contributed by atoms with E-state index in [1.165, 1.54) is 12.8 Å². The molecule has 0 radical (unpaired) electrons. The molecule has 1 fully saturated rings. The molecule has 1 saturated heterocycles. The zero-order valence-corrected chi connectivity index (χ0v) is 9.26. The quantitative estimate of drug-likeness (QED) is 0.384. The molecule has 1 aliphatic rings. The standard InChI is InChI=1S/C6H11BN.K/c1-7-6-2-4-8-5-3-6;/h6H,1-5H2;/q-1;+1. The average molecular weight is 147 g/mol. The topological polar surface area (TPSA) is 14.1 Å². The summed E-state index contributed by atoms with van der Waals surface area (Å²) in [7, 11) is 0. The number of piperidine rings is 1. The van der Waals surface area contributed by atoms with Crippen LogP contribution in [0.3, 0.4) is 0 Å². The zero-order valence-electron chi connectivity index (χ0n) is 6.14. The molecular formula is C6H11BKN. The second-order valence-electron chi connectivity index (χ2n) is 2.24. The number of rotatable bonds is 1. The van der Waals surface area contributed by atoms with Crippen molar-refractivity contribution in [3.63, 3.8) is 0 Å². The van der Waals surface area contributed by atoms with Gasteiger partial charge in [0.25, 0.3) is 0 Å². The Morgan fingerprint density at radius 1 is 1.33 bits per heavy atom. The van der Waals surface area contributed by atoms with E-state index in [0.29, 0.717) is 0 Å². The van der Waals surface area contributed by atoms with E-state index in [2.05, 4.69) is 18.7 Å². The van der Waals surface area contributed by atoms with E-state index < -0.39 is 0 Å². The molecule has 9 heavy (non-hydrogen) atoms. The maximum absolute atomic E-state index is 4.23. The van der Waals surface area contributed by atoms with Crippen LogP contribution >= 0.6 is 0 Å². The summed E-state index contributed by atoms with van der Waals surface area (Å²) in [6, 6.07) is 0. The van der Waals surface area contributed by atoms with Crippen LogP contribution in [0.2, 0.25) is 5.82 Å². The van der Waals surface area contributed by atoms with Crippen LogP contribution in [0.4, 0.5) is 0 Å². The SMILES string of the molecule is C=BC1CC[N-]CC1.[K+]. The van der Waals surface area contributed by atoms with Gasteiger partial charge in [-0.3, -0.25) is 0 Å². The first-order chi connectivity index (χ1) is 3.93. The van der Waals surface area contributed by atoms with E-state index in [1.807, 2.05) is 0 Å². The molecule has 0 bridgehead atoms. The minimum Gasteiger partial charge on any atom is 1.00 e. The predicted molar refractivity (Wildman–Crippen MR) is 39.0 cm³/mol. The number of hydrogen-bond donors (Lipinski definition) is 0. The molecule has 44 valence electrons. The first-order valence-corrected chi connectivity index (χ1v) is 3.19. The molecule has 0 unspecified atom stereocenters. The minimum atomic E-state index is 0. The first kappa shape index (κ1) is 10.5. The van der Waals surface area contributed by atoms with Crippen molar-refractivity contribution in [1.29, 1.82) is 0 Å². The Labute approximate surface area is 100 Å². The third kappa shape index (κ3) is 4.07. The molecule has 0 aliphatic carbocycles. The molecular weight excluding hydrogens is 136 g/mol. The summed E-state index contributed by atoms with van der Waals surface area (Å²) in [4.78, 5) is 0. The van der Waals surface area contributed by atoms with Gasteiger partial charge in [0.05, 0.1) is 0 Å². The van der Waals surface area contributed by atoms with Gasteiger partial charge in [0.1, 0.15) is 0 Å². The fourth-order valence-electron chi connectivity index (χ4n) is 1.01. The van der Waals surface area contributed by atoms with Gasteiger partial charge in [0, 0.05) is 0 Å². The van der Waals surface area contributed by atoms with E-state index in [9.17, 15) is 0 Å². The van der Waals surface area contributed by atoms with E-state index in [1.54, 1.807) is 0 Å². The van der Waals surface area contributed by atoms with Crippen molar-refractivity contribution in [2.24, 2.45) is 0 Å². The predicted octanol–water partition coefficient (Wildman–Crippen LogP) is -1.92. The summed E-state index contributed by atoms with van der Waals surface area (Å²) in [6.07, 6.45) is 2.45. The summed E-state index contributed by atoms with van der Waals surface area (Å²) in [6.45, 7) is 7.90. The molecule has 0 N–H and O–H groups in total. The summed E-state index contributed by atoms with van der Waals surface area (Å²) in [5, 5.41) is 4.23. The first-order valence-electron chi connectivity index (χ1n) is 3.19. The van der Waals surface area contributed by atoms with Crippen molar-refractivity contribution in [3.8, 4) is 0 Å². The maximum Gasteiger partial charge on any atom is 1.00 e. The third-order valence-electron chi connectivity index (χ3n) is 1.65. The molecule has 1 rings (SSSR count). The van der Waals surface area contributed by atoms with Crippen molar-refractivity contribution in [1.82, 2.24) is 0 Å². The van der Waals surface area contributed by atoms with Gasteiger partial charge in [0.15, 0.2) is 0 Å². The van der Waals surface area contributed by atoms with Crippen molar-refractivity contribution < 1.29 is 51.4 Å². The molecule has 0 saturated carbocycles. The summed E-state index contributed by atoms with van der Waals surface area (Å²) in [5.41, 5.74) is 0. The van der Waals surface area contributed by atoms with Gasteiger partial charge in [-0.15, -0.1) is 0 Å². The van der Waals surface area contributed by atoms with Crippen molar-refractivity contribution in [2.75, 3.05) is 13.1 Å². The molecule has 1 nitrogen and oxygen atoms in total. The van der Waals surface area contributed by atoms with E-state index in [-0.39, 0.29) is 51.4 Å². The molecule has 0 aromatic rings. The van der Waals surface area contributed by atoms with Gasteiger partial charge in [-0.2, -0.15) is 0 Å². The Hall–Kier alpha value is 1.53. The van der Waals surface area contributed by atoms with Crippen LogP contribution in [0.5, 0.6) is 0 Å². The number of nitrogens with zero attached hydrogens (tertiary/aromatic N) is 1. The molecule has 0 aromatic heterocycles.